The van der Waals surface area contributed by atoms with Crippen molar-refractivity contribution in [3.63, 3.8) is 0 Å². The van der Waals surface area contributed by atoms with E-state index in [-0.39, 0.29) is 23.9 Å². The van der Waals surface area contributed by atoms with Crippen LogP contribution in [0.3, 0.4) is 0 Å². The number of hydrogen-bond acceptors (Lipinski definition) is 6. The van der Waals surface area contributed by atoms with Gasteiger partial charge in [0.15, 0.2) is 0 Å². The first-order chi connectivity index (χ1) is 12.8. The van der Waals surface area contributed by atoms with E-state index in [0.717, 1.165) is 10.1 Å². The fraction of sp³-hybridized carbons (Fsp3) is 0.188. The molecule has 1 aromatic carbocycles. The monoisotopic (exact) mass is 374 g/mol. The van der Waals surface area contributed by atoms with E-state index >= 15 is 0 Å². The van der Waals surface area contributed by atoms with Crippen LogP contribution in [0, 0.1) is 6.92 Å². The summed E-state index contributed by atoms with van der Waals surface area (Å²) in [6.07, 6.45) is -2.07. The number of imidazole rings is 1. The Balaban J connectivity index is 1.91. The molecule has 0 saturated heterocycles. The van der Waals surface area contributed by atoms with Gasteiger partial charge in [-0.05, 0) is 6.92 Å². The van der Waals surface area contributed by atoms with Crippen molar-refractivity contribution < 1.29 is 13.2 Å². The number of aromatic nitrogens is 5. The molecule has 1 aliphatic heterocycles. The van der Waals surface area contributed by atoms with Crippen molar-refractivity contribution in [3.05, 3.63) is 54.0 Å². The van der Waals surface area contributed by atoms with Crippen molar-refractivity contribution in [3.8, 4) is 11.3 Å². The fourth-order valence-corrected chi connectivity index (χ4v) is 2.66. The number of rotatable bonds is 1. The summed E-state index contributed by atoms with van der Waals surface area (Å²) in [6.45, 7) is 1.89. The lowest BCUT2D eigenvalue weighted by Crippen LogP contribution is -2.27. The molecule has 0 fully saturated rings. The Labute approximate surface area is 150 Å². The summed E-state index contributed by atoms with van der Waals surface area (Å²) in [5, 5.41) is 15.2. The molecule has 0 amide bonds. The van der Waals surface area contributed by atoms with Crippen molar-refractivity contribution in [1.29, 1.82) is 0 Å². The topological polar surface area (TPSA) is 99.3 Å². The molecule has 0 saturated carbocycles. The van der Waals surface area contributed by atoms with Crippen LogP contribution in [0.4, 0.5) is 13.2 Å². The van der Waals surface area contributed by atoms with Gasteiger partial charge in [-0.3, -0.25) is 9.13 Å². The first-order valence-corrected chi connectivity index (χ1v) is 7.86. The van der Waals surface area contributed by atoms with Gasteiger partial charge in [-0.15, -0.1) is 20.4 Å². The Morgan fingerprint density at radius 3 is 2.52 bits per heavy atom. The van der Waals surface area contributed by atoms with E-state index in [1.54, 1.807) is 24.3 Å². The lowest BCUT2D eigenvalue weighted by Gasteiger charge is -2.12. The second-order valence-corrected chi connectivity index (χ2v) is 5.97. The van der Waals surface area contributed by atoms with Crippen LogP contribution >= 0.6 is 0 Å². The molecule has 0 radical (unpaired) electrons. The predicted molar refractivity (Wildman–Crippen MR) is 91.0 cm³/mol. The van der Waals surface area contributed by atoms with Crippen LogP contribution in [0.1, 0.15) is 17.2 Å². The number of hydrogen-bond donors (Lipinski definition) is 1. The summed E-state index contributed by atoms with van der Waals surface area (Å²) < 4.78 is 43.0. The van der Waals surface area contributed by atoms with Gasteiger partial charge >= 0.3 is 6.18 Å². The van der Waals surface area contributed by atoms with Gasteiger partial charge in [-0.1, -0.05) is 29.8 Å². The van der Waals surface area contributed by atoms with E-state index in [0.29, 0.717) is 11.4 Å². The van der Waals surface area contributed by atoms with E-state index in [1.807, 2.05) is 6.92 Å². The lowest BCUT2D eigenvalue weighted by atomic mass is 10.1. The van der Waals surface area contributed by atoms with E-state index < -0.39 is 12.0 Å². The number of nitrogens with zero attached hydrogens (tertiary/aromatic N) is 7. The molecule has 4 rings (SSSR count). The number of halogens is 3. The summed E-state index contributed by atoms with van der Waals surface area (Å²) >= 11 is 0. The molecule has 138 valence electrons. The van der Waals surface area contributed by atoms with Gasteiger partial charge in [0, 0.05) is 11.8 Å². The number of benzene rings is 1. The maximum absolute atomic E-state index is 13.6. The van der Waals surface area contributed by atoms with Gasteiger partial charge in [-0.2, -0.15) is 13.2 Å². The van der Waals surface area contributed by atoms with Gasteiger partial charge < -0.3 is 5.73 Å². The predicted octanol–water partition coefficient (Wildman–Crippen LogP) is 2.05. The molecule has 11 heteroatoms. The molecule has 3 heterocycles. The Bertz CT molecular complexity index is 1060. The van der Waals surface area contributed by atoms with Crippen LogP contribution in [-0.4, -0.2) is 36.1 Å². The first-order valence-electron chi connectivity index (χ1n) is 7.86. The van der Waals surface area contributed by atoms with Crippen molar-refractivity contribution in [2.75, 3.05) is 0 Å². The molecule has 27 heavy (non-hydrogen) atoms. The number of amidine groups is 1. The lowest BCUT2D eigenvalue weighted by molar-refractivity contribution is -0.145. The number of fused-ring (bicyclic) bond motifs is 1. The Morgan fingerprint density at radius 2 is 1.81 bits per heavy atom. The molecule has 3 aromatic rings. The largest absolute Gasteiger partial charge is 0.450 e. The molecule has 2 N–H and O–H groups in total. The minimum Gasteiger partial charge on any atom is -0.385 e. The van der Waals surface area contributed by atoms with Crippen molar-refractivity contribution >= 4 is 11.8 Å². The van der Waals surface area contributed by atoms with E-state index in [4.69, 9.17) is 5.73 Å². The zero-order chi connectivity index (χ0) is 19.2. The van der Waals surface area contributed by atoms with E-state index in [9.17, 15) is 13.2 Å². The summed E-state index contributed by atoms with van der Waals surface area (Å²) in [6, 6.07) is 7.01. The van der Waals surface area contributed by atoms with Gasteiger partial charge in [0.25, 0.3) is 0 Å². The van der Waals surface area contributed by atoms with Gasteiger partial charge in [-0.25, -0.2) is 4.98 Å². The third-order valence-electron chi connectivity index (χ3n) is 3.96. The smallest absolute Gasteiger partial charge is 0.385 e. The maximum Gasteiger partial charge on any atom is 0.450 e. The molecular formula is C16H13F3N8. The van der Waals surface area contributed by atoms with Crippen LogP contribution in [0.15, 0.2) is 47.0 Å². The highest BCUT2D eigenvalue weighted by Gasteiger charge is 2.39. The molecular weight excluding hydrogens is 361 g/mol. The van der Waals surface area contributed by atoms with Crippen LogP contribution in [0.25, 0.3) is 11.3 Å². The van der Waals surface area contributed by atoms with E-state index in [2.05, 4.69) is 25.4 Å². The normalized spacial score (nSPS) is 14.4. The minimum atomic E-state index is -4.71. The van der Waals surface area contributed by atoms with E-state index in [1.165, 1.54) is 17.1 Å². The van der Waals surface area contributed by atoms with Crippen molar-refractivity contribution in [2.45, 2.75) is 19.5 Å². The molecule has 0 unspecified atom stereocenters. The average Bonchev–Trinajstić information content (AvgIpc) is 3.21. The second-order valence-electron chi connectivity index (χ2n) is 5.97. The fourth-order valence-electron chi connectivity index (χ4n) is 2.66. The summed E-state index contributed by atoms with van der Waals surface area (Å²) in [4.78, 5) is 3.79. The molecule has 0 bridgehead atoms. The van der Waals surface area contributed by atoms with Crippen molar-refractivity contribution in [1.82, 2.24) is 24.3 Å². The van der Waals surface area contributed by atoms with Crippen molar-refractivity contribution in [2.24, 2.45) is 15.9 Å². The standard InChI is InChI=1S/C16H13F3N8/c1-9-2-4-10(5-3-9)11-7-26(14(22-11)16(17,18)19)15-25-23-12(20)6-13-24-21-8-27(13)15/h2-5,7-8H,6H2,1H3,(H2,20,23). The summed E-state index contributed by atoms with van der Waals surface area (Å²) in [5.74, 6) is -0.848. The third-order valence-corrected chi connectivity index (χ3v) is 3.96. The zero-order valence-corrected chi connectivity index (χ0v) is 14.0. The number of aryl methyl sites for hydroxylation is 1. The number of nitrogens with two attached hydrogens (primary N) is 1. The Morgan fingerprint density at radius 1 is 1.07 bits per heavy atom. The van der Waals surface area contributed by atoms with Crippen LogP contribution in [-0.2, 0) is 12.6 Å². The van der Waals surface area contributed by atoms with Gasteiger partial charge in [0.1, 0.15) is 18.0 Å². The third kappa shape index (κ3) is 3.07. The molecule has 2 aromatic heterocycles. The molecule has 0 aliphatic carbocycles. The molecule has 0 spiro atoms. The summed E-state index contributed by atoms with van der Waals surface area (Å²) in [7, 11) is 0. The summed E-state index contributed by atoms with van der Waals surface area (Å²) in [5.41, 5.74) is 7.39. The zero-order valence-electron chi connectivity index (χ0n) is 14.0. The SMILES string of the molecule is Cc1ccc(-c2cn(C3=NN=C(N)Cc4nncn43)c(C(F)(F)F)n2)cc1. The van der Waals surface area contributed by atoms with Gasteiger partial charge in [0.2, 0.25) is 11.8 Å². The Kier molecular flexibility index (Phi) is 3.79. The maximum atomic E-state index is 13.6. The average molecular weight is 374 g/mol. The van der Waals surface area contributed by atoms with Crippen LogP contribution in [0.2, 0.25) is 0 Å². The Hall–Kier alpha value is -3.50. The minimum absolute atomic E-state index is 0.117. The molecule has 0 atom stereocenters. The number of alkyl halides is 3. The highest BCUT2D eigenvalue weighted by molar-refractivity contribution is 5.91. The highest BCUT2D eigenvalue weighted by Crippen LogP contribution is 2.31. The van der Waals surface area contributed by atoms with Gasteiger partial charge in [0.05, 0.1) is 12.1 Å². The molecule has 1 aliphatic rings. The van der Waals surface area contributed by atoms with Crippen LogP contribution < -0.4 is 5.73 Å². The quantitative estimate of drug-likeness (QED) is 0.705. The molecule has 8 nitrogen and oxygen atoms in total. The second kappa shape index (κ2) is 6.04. The van der Waals surface area contributed by atoms with Crippen LogP contribution in [0.5, 0.6) is 0 Å². The first kappa shape index (κ1) is 16.9. The highest BCUT2D eigenvalue weighted by atomic mass is 19.4.